The molecule has 0 spiro atoms. The summed E-state index contributed by atoms with van der Waals surface area (Å²) in [6, 6.07) is 0. The lowest BCUT2D eigenvalue weighted by molar-refractivity contribution is -0.161. The number of hydrogen-bond acceptors (Lipinski definition) is 15. The molecule has 0 fully saturated rings. The minimum Gasteiger partial charge on any atom is -0.462 e. The van der Waals surface area contributed by atoms with Gasteiger partial charge in [0.2, 0.25) is 0 Å². The van der Waals surface area contributed by atoms with Crippen molar-refractivity contribution in [1.29, 1.82) is 0 Å². The van der Waals surface area contributed by atoms with E-state index >= 15 is 0 Å². The summed E-state index contributed by atoms with van der Waals surface area (Å²) in [5, 5.41) is 10.5. The molecule has 0 rings (SSSR count). The number of aliphatic hydroxyl groups excluding tert-OH is 1. The Morgan fingerprint density at radius 1 is 0.346 bits per heavy atom. The second-order valence-corrected chi connectivity index (χ2v) is 26.8. The van der Waals surface area contributed by atoms with Gasteiger partial charge in [-0.3, -0.25) is 37.3 Å². The molecule has 0 heterocycles. The van der Waals surface area contributed by atoms with Crippen molar-refractivity contribution in [3.8, 4) is 0 Å². The highest BCUT2D eigenvalue weighted by Gasteiger charge is 2.30. The summed E-state index contributed by atoms with van der Waals surface area (Å²) >= 11 is 0. The molecule has 0 saturated carbocycles. The molecule has 0 aliphatic rings. The zero-order valence-electron chi connectivity index (χ0n) is 52.4. The van der Waals surface area contributed by atoms with Crippen LogP contribution in [0.4, 0.5) is 0 Å². The molecule has 81 heavy (non-hydrogen) atoms. The van der Waals surface area contributed by atoms with E-state index in [4.69, 9.17) is 37.0 Å². The Kier molecular flexibility index (Phi) is 51.1. The summed E-state index contributed by atoms with van der Waals surface area (Å²) in [5.41, 5.74) is 0. The highest BCUT2D eigenvalue weighted by atomic mass is 31.2. The van der Waals surface area contributed by atoms with Crippen molar-refractivity contribution in [3.63, 3.8) is 0 Å². The summed E-state index contributed by atoms with van der Waals surface area (Å²) < 4.78 is 67.9. The van der Waals surface area contributed by atoms with Crippen LogP contribution in [0.1, 0.15) is 293 Å². The Morgan fingerprint density at radius 2 is 0.593 bits per heavy atom. The lowest BCUT2D eigenvalue weighted by Gasteiger charge is -2.21. The van der Waals surface area contributed by atoms with Gasteiger partial charge in [-0.2, -0.15) is 0 Å². The van der Waals surface area contributed by atoms with E-state index in [9.17, 15) is 43.2 Å². The van der Waals surface area contributed by atoms with Crippen LogP contribution >= 0.6 is 15.6 Å². The molecule has 480 valence electrons. The van der Waals surface area contributed by atoms with Gasteiger partial charge in [-0.05, 0) is 49.4 Å². The van der Waals surface area contributed by atoms with E-state index in [2.05, 4.69) is 55.4 Å². The first kappa shape index (κ1) is 79.1. The summed E-state index contributed by atoms with van der Waals surface area (Å²) in [5.74, 6) is 0.727. The number of ether oxygens (including phenoxy) is 4. The third kappa shape index (κ3) is 54.5. The van der Waals surface area contributed by atoms with E-state index in [0.29, 0.717) is 37.5 Å². The quantitative estimate of drug-likeness (QED) is 0.0222. The van der Waals surface area contributed by atoms with Crippen molar-refractivity contribution in [2.24, 2.45) is 23.7 Å². The van der Waals surface area contributed by atoms with Gasteiger partial charge in [0.15, 0.2) is 12.2 Å². The van der Waals surface area contributed by atoms with Crippen LogP contribution in [0, 0.1) is 23.7 Å². The van der Waals surface area contributed by atoms with Gasteiger partial charge >= 0.3 is 39.5 Å². The van der Waals surface area contributed by atoms with Gasteiger partial charge in [-0.25, -0.2) is 9.13 Å². The van der Waals surface area contributed by atoms with Gasteiger partial charge in [-0.1, -0.05) is 242 Å². The van der Waals surface area contributed by atoms with Gasteiger partial charge < -0.3 is 33.8 Å². The number of carbonyl (C=O) groups excluding carboxylic acids is 4. The Bertz CT molecular complexity index is 1630. The highest BCUT2D eigenvalue weighted by Crippen LogP contribution is 2.45. The van der Waals surface area contributed by atoms with Crippen LogP contribution in [0.3, 0.4) is 0 Å². The highest BCUT2D eigenvalue weighted by molar-refractivity contribution is 7.47. The van der Waals surface area contributed by atoms with Crippen LogP contribution in [0.5, 0.6) is 0 Å². The fraction of sp³-hybridized carbons (Fsp3) is 0.935. The lowest BCUT2D eigenvalue weighted by Crippen LogP contribution is -2.30. The first-order chi connectivity index (χ1) is 38.7. The lowest BCUT2D eigenvalue weighted by atomic mass is 9.99. The van der Waals surface area contributed by atoms with E-state index in [1.54, 1.807) is 0 Å². The minimum atomic E-state index is -4.94. The minimum absolute atomic E-state index is 0.101. The summed E-state index contributed by atoms with van der Waals surface area (Å²) in [7, 11) is -9.89. The van der Waals surface area contributed by atoms with Gasteiger partial charge in [0.1, 0.15) is 19.3 Å². The predicted octanol–water partition coefficient (Wildman–Crippen LogP) is 16.6. The molecule has 0 bridgehead atoms. The van der Waals surface area contributed by atoms with Gasteiger partial charge in [0.25, 0.3) is 0 Å². The summed E-state index contributed by atoms with van der Waals surface area (Å²) in [6.07, 6.45) is 30.9. The maximum absolute atomic E-state index is 12.9. The van der Waals surface area contributed by atoms with Crippen LogP contribution < -0.4 is 0 Å². The smallest absolute Gasteiger partial charge is 0.462 e. The van der Waals surface area contributed by atoms with E-state index in [-0.39, 0.29) is 25.7 Å². The maximum Gasteiger partial charge on any atom is 0.472 e. The van der Waals surface area contributed by atoms with Crippen molar-refractivity contribution in [2.75, 3.05) is 39.6 Å². The second kappa shape index (κ2) is 52.4. The SMILES string of the molecule is CCC(C)CCCCCCCCCCC(=O)O[C@H](COC(=O)CCCCCCCCC(C)C)COP(=O)(O)OCC(O)COP(=O)(O)OC[C@@H](COC(=O)CCCCCCCCCC(C)C)OC(=O)CCCCCCCCC(C)CC. The first-order valence-electron chi connectivity index (χ1n) is 32.3. The third-order valence-electron chi connectivity index (χ3n) is 14.8. The molecule has 0 radical (unpaired) electrons. The average Bonchev–Trinajstić information content (AvgIpc) is 3.42. The topological polar surface area (TPSA) is 237 Å². The number of rotatable bonds is 59. The maximum atomic E-state index is 12.9. The zero-order valence-corrected chi connectivity index (χ0v) is 54.2. The molecule has 0 saturated heterocycles. The van der Waals surface area contributed by atoms with E-state index < -0.39 is 97.5 Å². The van der Waals surface area contributed by atoms with E-state index in [0.717, 1.165) is 115 Å². The van der Waals surface area contributed by atoms with Crippen LogP contribution in [0.2, 0.25) is 0 Å². The molecule has 3 N–H and O–H groups in total. The normalized spacial score (nSPS) is 15.2. The van der Waals surface area contributed by atoms with Crippen molar-refractivity contribution in [2.45, 2.75) is 311 Å². The fourth-order valence-corrected chi connectivity index (χ4v) is 10.6. The molecular weight excluding hydrogens is 1080 g/mol. The largest absolute Gasteiger partial charge is 0.472 e. The second-order valence-electron chi connectivity index (χ2n) is 23.9. The van der Waals surface area contributed by atoms with Crippen LogP contribution in [-0.2, 0) is 65.4 Å². The van der Waals surface area contributed by atoms with Crippen LogP contribution in [0.15, 0.2) is 0 Å². The summed E-state index contributed by atoms with van der Waals surface area (Å²) in [4.78, 5) is 72.1. The molecule has 19 heteroatoms. The van der Waals surface area contributed by atoms with Crippen LogP contribution in [0.25, 0.3) is 0 Å². The molecule has 0 amide bonds. The van der Waals surface area contributed by atoms with Crippen molar-refractivity contribution in [1.82, 2.24) is 0 Å². The molecule has 0 aliphatic carbocycles. The molecule has 17 nitrogen and oxygen atoms in total. The van der Waals surface area contributed by atoms with Gasteiger partial charge in [0, 0.05) is 25.7 Å². The zero-order chi connectivity index (χ0) is 60.4. The Balaban J connectivity index is 5.26. The third-order valence-corrected chi connectivity index (χ3v) is 16.7. The number of hydrogen-bond donors (Lipinski definition) is 3. The number of aliphatic hydroxyl groups is 1. The number of phosphoric acid groups is 2. The van der Waals surface area contributed by atoms with Crippen molar-refractivity contribution >= 4 is 39.5 Å². The standard InChI is InChI=1S/C62H120O17P2/c1-9-54(7)40-32-24-15-11-12-16-28-36-44-61(66)78-57(49-73-60(65)43-35-27-20-18-23-31-39-53(5)6)50-76-80(68,69)74-46-56(63)47-75-81(70,71)77-51-58(79-62(67)45-37-29-21-19-25-33-41-55(8)10-2)48-72-59(64)42-34-26-17-13-14-22-30-38-52(3)4/h52-58,63H,9-51H2,1-8H3,(H,68,69)(H,70,71)/t54?,55?,56?,57-,58-/m1/s1. The summed E-state index contributed by atoms with van der Waals surface area (Å²) in [6.45, 7) is 13.9. The molecule has 0 aromatic rings. The molecule has 0 aliphatic heterocycles. The Labute approximate surface area is 492 Å². The van der Waals surface area contributed by atoms with Gasteiger partial charge in [0.05, 0.1) is 26.4 Å². The molecule has 5 unspecified atom stereocenters. The average molecular weight is 1200 g/mol. The first-order valence-corrected chi connectivity index (χ1v) is 35.3. The number of unbranched alkanes of at least 4 members (excludes halogenated alkanes) is 23. The predicted molar refractivity (Wildman–Crippen MR) is 321 cm³/mol. The number of carbonyl (C=O) groups is 4. The van der Waals surface area contributed by atoms with E-state index in [1.165, 1.54) is 83.5 Å². The van der Waals surface area contributed by atoms with Crippen molar-refractivity contribution < 1.29 is 80.2 Å². The van der Waals surface area contributed by atoms with E-state index in [1.807, 2.05) is 0 Å². The Morgan fingerprint density at radius 3 is 0.877 bits per heavy atom. The number of phosphoric ester groups is 2. The Hall–Kier alpha value is -1.94. The van der Waals surface area contributed by atoms with Crippen LogP contribution in [-0.4, -0.2) is 96.7 Å². The fourth-order valence-electron chi connectivity index (χ4n) is 9.01. The molecule has 0 aromatic carbocycles. The van der Waals surface area contributed by atoms with Crippen molar-refractivity contribution in [3.05, 3.63) is 0 Å². The molecule has 7 atom stereocenters. The monoisotopic (exact) mass is 1200 g/mol. The van der Waals surface area contributed by atoms with Gasteiger partial charge in [-0.15, -0.1) is 0 Å². The molecular formula is C62H120O17P2. The molecule has 0 aromatic heterocycles. The number of esters is 4.